The maximum Gasteiger partial charge on any atom is 0.178 e. The van der Waals surface area contributed by atoms with Crippen molar-refractivity contribution >= 4 is 30.5 Å². The molecule has 2 aromatic rings. The van der Waals surface area contributed by atoms with Crippen LogP contribution in [0.5, 0.6) is 11.5 Å². The Morgan fingerprint density at radius 3 is 2.10 bits per heavy atom. The number of rotatable bonds is 6. The number of hydrogen-bond donors (Lipinski definition) is 1. The summed E-state index contributed by atoms with van der Waals surface area (Å²) in [6, 6.07) is 14.3. The predicted molar refractivity (Wildman–Crippen MR) is 123 cm³/mol. The molecule has 1 fully saturated rings. The van der Waals surface area contributed by atoms with Crippen molar-refractivity contribution in [3.05, 3.63) is 53.6 Å². The molecule has 3 rings (SSSR count). The summed E-state index contributed by atoms with van der Waals surface area (Å²) < 4.78 is 11.5. The third-order valence-electron chi connectivity index (χ3n) is 5.12. The Morgan fingerprint density at radius 1 is 0.931 bits per heavy atom. The summed E-state index contributed by atoms with van der Waals surface area (Å²) in [5, 5.41) is 10.3. The number of aliphatic hydroxyl groups excluding tert-OH is 1. The summed E-state index contributed by atoms with van der Waals surface area (Å²) in [4.78, 5) is 4.58. The highest BCUT2D eigenvalue weighted by Gasteiger charge is 2.29. The Morgan fingerprint density at radius 2 is 1.55 bits per heavy atom. The van der Waals surface area contributed by atoms with Crippen LogP contribution in [0.4, 0.5) is 5.69 Å². The zero-order valence-electron chi connectivity index (χ0n) is 17.5. The number of hydrogen-bond acceptors (Lipinski definition) is 5. The van der Waals surface area contributed by atoms with Crippen LogP contribution in [-0.4, -0.2) is 55.6 Å². The molecule has 0 bridgehead atoms. The van der Waals surface area contributed by atoms with Crippen molar-refractivity contribution in [1.82, 2.24) is 4.90 Å². The molecule has 0 amide bonds. The van der Waals surface area contributed by atoms with Crippen LogP contribution in [0.2, 0.25) is 0 Å². The monoisotopic (exact) mass is 442 g/mol. The number of aliphatic hydroxyl groups is 1. The highest BCUT2D eigenvalue weighted by atomic mass is 35.5. The van der Waals surface area contributed by atoms with E-state index in [0.29, 0.717) is 0 Å². The molecule has 29 heavy (non-hydrogen) atoms. The molecule has 5 nitrogen and oxygen atoms in total. The van der Waals surface area contributed by atoms with E-state index < -0.39 is 6.10 Å². The van der Waals surface area contributed by atoms with Crippen LogP contribution in [0, 0.1) is 13.8 Å². The van der Waals surface area contributed by atoms with Gasteiger partial charge in [0.25, 0.3) is 0 Å². The van der Waals surface area contributed by atoms with E-state index in [-0.39, 0.29) is 31.0 Å². The Balaban J connectivity index is 0.00000210. The molecule has 2 atom stereocenters. The summed E-state index contributed by atoms with van der Waals surface area (Å²) in [5.41, 5.74) is 3.44. The van der Waals surface area contributed by atoms with Crippen molar-refractivity contribution in [2.24, 2.45) is 0 Å². The third-order valence-corrected chi connectivity index (χ3v) is 5.12. The molecule has 1 aliphatic rings. The number of piperazine rings is 1. The smallest absolute Gasteiger partial charge is 0.178 e. The number of methoxy groups -OCH3 is 1. The normalized spacial score (nSPS) is 16.2. The van der Waals surface area contributed by atoms with Crippen molar-refractivity contribution in [3.8, 4) is 11.5 Å². The Labute approximate surface area is 186 Å². The summed E-state index contributed by atoms with van der Waals surface area (Å²) >= 11 is 0. The first kappa shape index (κ1) is 25.4. The van der Waals surface area contributed by atoms with Gasteiger partial charge in [-0.15, -0.1) is 24.8 Å². The van der Waals surface area contributed by atoms with Gasteiger partial charge in [-0.1, -0.05) is 12.1 Å². The molecular formula is C22H32Cl2N2O3. The van der Waals surface area contributed by atoms with Gasteiger partial charge in [0, 0.05) is 31.9 Å². The fraction of sp³-hybridized carbons (Fsp3) is 0.455. The largest absolute Gasteiger partial charge is 0.497 e. The highest BCUT2D eigenvalue weighted by molar-refractivity contribution is 5.85. The number of halogens is 2. The maximum atomic E-state index is 10.3. The molecule has 1 heterocycles. The van der Waals surface area contributed by atoms with Gasteiger partial charge < -0.3 is 19.5 Å². The number of benzene rings is 2. The van der Waals surface area contributed by atoms with E-state index >= 15 is 0 Å². The quantitative estimate of drug-likeness (QED) is 0.730. The van der Waals surface area contributed by atoms with E-state index in [4.69, 9.17) is 9.47 Å². The lowest BCUT2D eigenvalue weighted by molar-refractivity contribution is -0.0604. The minimum Gasteiger partial charge on any atom is -0.497 e. The van der Waals surface area contributed by atoms with E-state index in [2.05, 4.69) is 41.0 Å². The minimum absolute atomic E-state index is 0. The van der Waals surface area contributed by atoms with E-state index in [1.54, 1.807) is 14.0 Å². The lowest BCUT2D eigenvalue weighted by atomic mass is 10.1. The molecule has 1 saturated heterocycles. The average molecular weight is 443 g/mol. The zero-order valence-corrected chi connectivity index (χ0v) is 19.1. The number of nitrogens with zero attached hydrogens (tertiary/aromatic N) is 2. The third kappa shape index (κ3) is 6.41. The second-order valence-electron chi connectivity index (χ2n) is 7.24. The zero-order chi connectivity index (χ0) is 19.4. The molecule has 0 saturated carbocycles. The number of aryl methyl sites for hydroxylation is 2. The maximum absolute atomic E-state index is 10.3. The molecular weight excluding hydrogens is 411 g/mol. The molecule has 0 aliphatic carbocycles. The Bertz CT molecular complexity index is 748. The van der Waals surface area contributed by atoms with Gasteiger partial charge in [0.15, 0.2) is 6.23 Å². The number of anilines is 1. The standard InChI is InChI=1S/C22H30N2O3.2ClH/c1-16-5-6-17(2)21(15-16)27-22(18(3)25)24-13-11-23(12-14-24)19-7-9-20(26-4)10-8-19;;/h5-10,15,18,22,25H,11-14H2,1-4H3;2*1H. The van der Waals surface area contributed by atoms with Crippen molar-refractivity contribution in [2.75, 3.05) is 38.2 Å². The Hall–Kier alpha value is -1.66. The molecule has 0 radical (unpaired) electrons. The highest BCUT2D eigenvalue weighted by Crippen LogP contribution is 2.25. The van der Waals surface area contributed by atoms with Crippen molar-refractivity contribution in [1.29, 1.82) is 0 Å². The van der Waals surface area contributed by atoms with E-state index in [9.17, 15) is 5.11 Å². The fourth-order valence-corrected chi connectivity index (χ4v) is 3.47. The van der Waals surface area contributed by atoms with Gasteiger partial charge in [-0.25, -0.2) is 0 Å². The topological polar surface area (TPSA) is 45.2 Å². The number of ether oxygens (including phenoxy) is 2. The summed E-state index contributed by atoms with van der Waals surface area (Å²) in [6.07, 6.45) is -0.916. The van der Waals surface area contributed by atoms with Crippen LogP contribution in [-0.2, 0) is 0 Å². The first-order chi connectivity index (χ1) is 13.0. The first-order valence-corrected chi connectivity index (χ1v) is 9.53. The SMILES string of the molecule is COc1ccc(N2CCN(C(Oc3cc(C)ccc3C)C(C)O)CC2)cc1.Cl.Cl. The van der Waals surface area contributed by atoms with Crippen molar-refractivity contribution < 1.29 is 14.6 Å². The van der Waals surface area contributed by atoms with Crippen molar-refractivity contribution in [2.45, 2.75) is 33.1 Å². The van der Waals surface area contributed by atoms with Crippen LogP contribution in [0.15, 0.2) is 42.5 Å². The van der Waals surface area contributed by atoms with Crippen LogP contribution in [0.1, 0.15) is 18.1 Å². The van der Waals surface area contributed by atoms with Gasteiger partial charge in [-0.2, -0.15) is 0 Å². The summed E-state index contributed by atoms with van der Waals surface area (Å²) in [6.45, 7) is 9.36. The van der Waals surface area contributed by atoms with Crippen LogP contribution >= 0.6 is 24.8 Å². The second kappa shape index (κ2) is 11.5. The van der Waals surface area contributed by atoms with Gasteiger partial charge in [-0.3, -0.25) is 4.90 Å². The summed E-state index contributed by atoms with van der Waals surface area (Å²) in [5.74, 6) is 1.71. The molecule has 1 aliphatic heterocycles. The Kier molecular flexibility index (Phi) is 10.1. The van der Waals surface area contributed by atoms with Gasteiger partial charge in [0.05, 0.1) is 7.11 Å². The minimum atomic E-state index is -0.572. The fourth-order valence-electron chi connectivity index (χ4n) is 3.47. The molecule has 2 aromatic carbocycles. The summed E-state index contributed by atoms with van der Waals surface area (Å²) in [7, 11) is 1.68. The van der Waals surface area contributed by atoms with E-state index in [1.807, 2.05) is 25.1 Å². The average Bonchev–Trinajstić information content (AvgIpc) is 2.68. The molecule has 2 unspecified atom stereocenters. The lowest BCUT2D eigenvalue weighted by Crippen LogP contribution is -2.55. The van der Waals surface area contributed by atoms with Gasteiger partial charge >= 0.3 is 0 Å². The molecule has 0 aromatic heterocycles. The van der Waals surface area contributed by atoms with Gasteiger partial charge in [0.2, 0.25) is 0 Å². The molecule has 162 valence electrons. The van der Waals surface area contributed by atoms with Gasteiger partial charge in [0.1, 0.15) is 17.6 Å². The predicted octanol–water partition coefficient (Wildman–Crippen LogP) is 4.06. The van der Waals surface area contributed by atoms with Crippen LogP contribution in [0.3, 0.4) is 0 Å². The van der Waals surface area contributed by atoms with E-state index in [0.717, 1.165) is 48.8 Å². The lowest BCUT2D eigenvalue weighted by Gasteiger charge is -2.41. The molecule has 7 heteroatoms. The molecule has 0 spiro atoms. The molecule has 1 N–H and O–H groups in total. The van der Waals surface area contributed by atoms with Crippen molar-refractivity contribution in [3.63, 3.8) is 0 Å². The van der Waals surface area contributed by atoms with E-state index in [1.165, 1.54) is 5.69 Å². The van der Waals surface area contributed by atoms with Gasteiger partial charge in [-0.05, 0) is 62.2 Å². The van der Waals surface area contributed by atoms with Crippen LogP contribution < -0.4 is 14.4 Å². The van der Waals surface area contributed by atoms with Crippen LogP contribution in [0.25, 0.3) is 0 Å². The first-order valence-electron chi connectivity index (χ1n) is 9.53. The second-order valence-corrected chi connectivity index (χ2v) is 7.24.